The first kappa shape index (κ1) is 20.0. The van der Waals surface area contributed by atoms with Crippen molar-refractivity contribution in [2.75, 3.05) is 52.8 Å². The van der Waals surface area contributed by atoms with E-state index < -0.39 is 0 Å². The predicted octanol–water partition coefficient (Wildman–Crippen LogP) is 3.36. The summed E-state index contributed by atoms with van der Waals surface area (Å²) in [6.45, 7) is 4.10. The Morgan fingerprint density at radius 1 is 0.926 bits per heavy atom. The van der Waals surface area contributed by atoms with E-state index in [1.54, 1.807) is 21.3 Å². The summed E-state index contributed by atoms with van der Waals surface area (Å²) < 4.78 is 16.2. The lowest BCUT2D eigenvalue weighted by Gasteiger charge is -2.41. The molecule has 27 heavy (non-hydrogen) atoms. The minimum atomic E-state index is 0.581. The van der Waals surface area contributed by atoms with Crippen LogP contribution < -0.4 is 19.5 Å². The van der Waals surface area contributed by atoms with Gasteiger partial charge >= 0.3 is 0 Å². The lowest BCUT2D eigenvalue weighted by Crippen LogP contribution is -2.53. The molecule has 2 fully saturated rings. The number of hydrogen-bond donors (Lipinski definition) is 1. The maximum atomic E-state index is 5.65. The smallest absolute Gasteiger partial charge is 0.203 e. The van der Waals surface area contributed by atoms with Gasteiger partial charge in [-0.05, 0) is 25.1 Å². The molecule has 1 aliphatic carbocycles. The third-order valence-corrected chi connectivity index (χ3v) is 5.97. The van der Waals surface area contributed by atoms with Gasteiger partial charge in [-0.25, -0.2) is 0 Å². The Balaban J connectivity index is 1.59. The van der Waals surface area contributed by atoms with E-state index in [1.807, 2.05) is 12.1 Å². The highest BCUT2D eigenvalue weighted by Gasteiger charge is 2.26. The fourth-order valence-corrected chi connectivity index (χ4v) is 4.39. The van der Waals surface area contributed by atoms with Crippen LogP contribution in [0.1, 0.15) is 32.1 Å². The van der Waals surface area contributed by atoms with Crippen molar-refractivity contribution in [1.82, 2.24) is 9.80 Å². The van der Waals surface area contributed by atoms with Gasteiger partial charge < -0.3 is 24.4 Å². The van der Waals surface area contributed by atoms with Crippen molar-refractivity contribution in [3.05, 3.63) is 12.1 Å². The molecule has 0 radical (unpaired) electrons. The quantitative estimate of drug-likeness (QED) is 0.770. The van der Waals surface area contributed by atoms with Gasteiger partial charge in [0, 0.05) is 50.0 Å². The summed E-state index contributed by atoms with van der Waals surface area (Å²) in [4.78, 5) is 4.90. The van der Waals surface area contributed by atoms with Crippen molar-refractivity contribution in [1.29, 1.82) is 0 Å². The number of methoxy groups -OCH3 is 3. The second-order valence-electron chi connectivity index (χ2n) is 7.16. The second kappa shape index (κ2) is 9.46. The number of anilines is 1. The number of thiocarbonyl (C=S) groups is 1. The standard InChI is InChI=1S/C20H31N3O3S/c1-24-17-13-15(14-18(25-2)19(17)26-3)21-20(27)23-11-9-22(10-12-23)16-7-5-4-6-8-16/h13-14,16H,4-12H2,1-3H3,(H,21,27). The van der Waals surface area contributed by atoms with Crippen LogP contribution in [-0.4, -0.2) is 68.5 Å². The van der Waals surface area contributed by atoms with E-state index in [0.717, 1.165) is 43.0 Å². The van der Waals surface area contributed by atoms with Crippen LogP contribution in [0.4, 0.5) is 5.69 Å². The van der Waals surface area contributed by atoms with E-state index in [1.165, 1.54) is 32.1 Å². The molecule has 3 rings (SSSR count). The van der Waals surface area contributed by atoms with Crippen LogP contribution in [0.25, 0.3) is 0 Å². The van der Waals surface area contributed by atoms with Gasteiger partial charge in [-0.3, -0.25) is 4.90 Å². The maximum absolute atomic E-state index is 5.65. The highest BCUT2D eigenvalue weighted by atomic mass is 32.1. The lowest BCUT2D eigenvalue weighted by atomic mass is 9.94. The summed E-state index contributed by atoms with van der Waals surface area (Å²) in [5, 5.41) is 4.07. The summed E-state index contributed by atoms with van der Waals surface area (Å²) in [7, 11) is 4.83. The summed E-state index contributed by atoms with van der Waals surface area (Å²) >= 11 is 5.65. The molecule has 1 N–H and O–H groups in total. The second-order valence-corrected chi connectivity index (χ2v) is 7.55. The topological polar surface area (TPSA) is 46.2 Å². The van der Waals surface area contributed by atoms with Crippen LogP contribution in [0, 0.1) is 0 Å². The third kappa shape index (κ3) is 4.76. The molecule has 1 aliphatic heterocycles. The molecule has 0 spiro atoms. The van der Waals surface area contributed by atoms with Gasteiger partial charge in [0.2, 0.25) is 5.75 Å². The number of nitrogens with one attached hydrogen (secondary N) is 1. The van der Waals surface area contributed by atoms with E-state index in [4.69, 9.17) is 26.4 Å². The molecule has 0 unspecified atom stereocenters. The van der Waals surface area contributed by atoms with E-state index in [2.05, 4.69) is 15.1 Å². The molecular weight excluding hydrogens is 362 g/mol. The summed E-state index contributed by atoms with van der Waals surface area (Å²) in [5.74, 6) is 1.81. The molecule has 1 aromatic rings. The molecule has 2 aliphatic rings. The zero-order valence-corrected chi connectivity index (χ0v) is 17.4. The van der Waals surface area contributed by atoms with Gasteiger partial charge in [0.05, 0.1) is 21.3 Å². The molecule has 6 nitrogen and oxygen atoms in total. The van der Waals surface area contributed by atoms with Crippen LogP contribution in [0.3, 0.4) is 0 Å². The van der Waals surface area contributed by atoms with Crippen molar-refractivity contribution in [2.45, 2.75) is 38.1 Å². The summed E-state index contributed by atoms with van der Waals surface area (Å²) in [5.41, 5.74) is 0.837. The van der Waals surface area contributed by atoms with Gasteiger partial charge in [0.25, 0.3) is 0 Å². The minimum Gasteiger partial charge on any atom is -0.493 e. The van der Waals surface area contributed by atoms with E-state index >= 15 is 0 Å². The van der Waals surface area contributed by atoms with Crippen LogP contribution in [0.5, 0.6) is 17.2 Å². The molecule has 1 aromatic carbocycles. The molecule has 7 heteroatoms. The third-order valence-electron chi connectivity index (χ3n) is 5.61. The molecule has 150 valence electrons. The number of rotatable bonds is 5. The Hall–Kier alpha value is -1.73. The van der Waals surface area contributed by atoms with Gasteiger partial charge in [0.15, 0.2) is 16.6 Å². The largest absolute Gasteiger partial charge is 0.493 e. The zero-order chi connectivity index (χ0) is 19.2. The van der Waals surface area contributed by atoms with Gasteiger partial charge in [-0.15, -0.1) is 0 Å². The molecule has 1 saturated carbocycles. The molecule has 1 saturated heterocycles. The summed E-state index contributed by atoms with van der Waals surface area (Å²) in [6.07, 6.45) is 6.87. The van der Waals surface area contributed by atoms with Crippen LogP contribution in [0.15, 0.2) is 12.1 Å². The first-order valence-corrected chi connectivity index (χ1v) is 10.2. The van der Waals surface area contributed by atoms with Crippen molar-refractivity contribution in [3.63, 3.8) is 0 Å². The Morgan fingerprint density at radius 3 is 2.04 bits per heavy atom. The Kier molecular flexibility index (Phi) is 7.01. The molecule has 0 bridgehead atoms. The number of hydrogen-bond acceptors (Lipinski definition) is 5. The molecular formula is C20H31N3O3S. The zero-order valence-electron chi connectivity index (χ0n) is 16.6. The number of ether oxygens (including phenoxy) is 3. The average Bonchev–Trinajstić information content (AvgIpc) is 2.73. The summed E-state index contributed by atoms with van der Waals surface area (Å²) in [6, 6.07) is 4.54. The van der Waals surface area contributed by atoms with E-state index in [9.17, 15) is 0 Å². The monoisotopic (exact) mass is 393 g/mol. The fourth-order valence-electron chi connectivity index (χ4n) is 4.09. The molecule has 1 heterocycles. The first-order chi connectivity index (χ1) is 13.2. The Labute approximate surface area is 167 Å². The minimum absolute atomic E-state index is 0.581. The van der Waals surface area contributed by atoms with Gasteiger partial charge in [-0.1, -0.05) is 19.3 Å². The van der Waals surface area contributed by atoms with Crippen molar-refractivity contribution in [3.8, 4) is 17.2 Å². The Bertz CT molecular complexity index is 616. The van der Waals surface area contributed by atoms with Crippen molar-refractivity contribution in [2.24, 2.45) is 0 Å². The van der Waals surface area contributed by atoms with Crippen LogP contribution in [0.2, 0.25) is 0 Å². The predicted molar refractivity (Wildman–Crippen MR) is 112 cm³/mol. The molecule has 0 atom stereocenters. The highest BCUT2D eigenvalue weighted by Crippen LogP contribution is 2.40. The van der Waals surface area contributed by atoms with Crippen LogP contribution in [-0.2, 0) is 0 Å². The fraction of sp³-hybridized carbons (Fsp3) is 0.650. The van der Waals surface area contributed by atoms with Crippen LogP contribution >= 0.6 is 12.2 Å². The van der Waals surface area contributed by atoms with E-state index in [0.29, 0.717) is 17.2 Å². The number of piperazine rings is 1. The highest BCUT2D eigenvalue weighted by molar-refractivity contribution is 7.80. The average molecular weight is 394 g/mol. The lowest BCUT2D eigenvalue weighted by molar-refractivity contribution is 0.108. The number of nitrogens with zero attached hydrogens (tertiary/aromatic N) is 2. The normalized spacial score (nSPS) is 18.9. The van der Waals surface area contributed by atoms with Crippen molar-refractivity contribution < 1.29 is 14.2 Å². The Morgan fingerprint density at radius 2 is 1.52 bits per heavy atom. The molecule has 0 amide bonds. The number of benzene rings is 1. The first-order valence-electron chi connectivity index (χ1n) is 9.76. The maximum Gasteiger partial charge on any atom is 0.203 e. The van der Waals surface area contributed by atoms with Gasteiger partial charge in [0.1, 0.15) is 0 Å². The van der Waals surface area contributed by atoms with Crippen molar-refractivity contribution >= 4 is 23.0 Å². The SMILES string of the molecule is COc1cc(NC(=S)N2CCN(C3CCCCC3)CC2)cc(OC)c1OC. The van der Waals surface area contributed by atoms with E-state index in [-0.39, 0.29) is 0 Å². The van der Waals surface area contributed by atoms with Gasteiger partial charge in [-0.2, -0.15) is 0 Å². The molecule has 0 aromatic heterocycles.